The van der Waals surface area contributed by atoms with E-state index in [2.05, 4.69) is 10.6 Å². The minimum Gasteiger partial charge on any atom is -0.355 e. The first kappa shape index (κ1) is 12.4. The molecule has 1 heterocycles. The Morgan fingerprint density at radius 2 is 2.27 bits per heavy atom. The van der Waals surface area contributed by atoms with Gasteiger partial charge in [-0.2, -0.15) is 0 Å². The Morgan fingerprint density at radius 1 is 1.53 bits per heavy atom. The average Bonchev–Trinajstić information content (AvgIpc) is 2.70. The summed E-state index contributed by atoms with van der Waals surface area (Å²) in [6.07, 6.45) is 0.840. The van der Waals surface area contributed by atoms with E-state index in [4.69, 9.17) is 0 Å². The predicted octanol–water partition coefficient (Wildman–Crippen LogP) is -0.853. The van der Waals surface area contributed by atoms with Gasteiger partial charge in [-0.15, -0.1) is 0 Å². The second-order valence-corrected chi connectivity index (χ2v) is 6.19. The second-order valence-electron chi connectivity index (χ2n) is 3.72. The molecule has 1 aliphatic heterocycles. The first-order valence-corrected chi connectivity index (χ1v) is 7.06. The standard InChI is InChI=1S/C9H18N2O3S/c1-2-15(13,14)6-5-11-9(12)8-3-4-10-7-8/h8,10H,2-7H2,1H3,(H,11,12). The number of hydrogen-bond donors (Lipinski definition) is 2. The zero-order valence-electron chi connectivity index (χ0n) is 8.95. The zero-order chi connectivity index (χ0) is 11.3. The average molecular weight is 234 g/mol. The fourth-order valence-electron chi connectivity index (χ4n) is 1.50. The molecule has 0 aromatic carbocycles. The molecule has 1 atom stereocenters. The highest BCUT2D eigenvalue weighted by Gasteiger charge is 2.22. The van der Waals surface area contributed by atoms with E-state index in [0.29, 0.717) is 6.54 Å². The third-order valence-electron chi connectivity index (χ3n) is 2.58. The van der Waals surface area contributed by atoms with Gasteiger partial charge in [-0.05, 0) is 13.0 Å². The summed E-state index contributed by atoms with van der Waals surface area (Å²) in [5, 5.41) is 5.75. The molecular formula is C9H18N2O3S. The molecule has 1 fully saturated rings. The quantitative estimate of drug-likeness (QED) is 0.649. The molecule has 1 amide bonds. The van der Waals surface area contributed by atoms with E-state index < -0.39 is 9.84 Å². The summed E-state index contributed by atoms with van der Waals surface area (Å²) in [5.74, 6) is 0.143. The molecule has 2 N–H and O–H groups in total. The van der Waals surface area contributed by atoms with Crippen molar-refractivity contribution in [2.24, 2.45) is 5.92 Å². The molecule has 0 aromatic heterocycles. The number of sulfone groups is 1. The van der Waals surface area contributed by atoms with E-state index in [-0.39, 0.29) is 29.9 Å². The van der Waals surface area contributed by atoms with Gasteiger partial charge in [0.1, 0.15) is 0 Å². The number of rotatable bonds is 5. The molecule has 0 aromatic rings. The Bertz CT molecular complexity index is 307. The number of nitrogens with one attached hydrogen (secondary N) is 2. The predicted molar refractivity (Wildman–Crippen MR) is 58.3 cm³/mol. The first-order chi connectivity index (χ1) is 7.05. The van der Waals surface area contributed by atoms with Gasteiger partial charge in [0.2, 0.25) is 5.91 Å². The molecule has 0 spiro atoms. The van der Waals surface area contributed by atoms with Crippen LogP contribution in [0, 0.1) is 5.92 Å². The van der Waals surface area contributed by atoms with Crippen LogP contribution in [0.2, 0.25) is 0 Å². The topological polar surface area (TPSA) is 75.3 Å². The summed E-state index contributed by atoms with van der Waals surface area (Å²) in [6.45, 7) is 3.40. The summed E-state index contributed by atoms with van der Waals surface area (Å²) in [7, 11) is -2.97. The maximum absolute atomic E-state index is 11.5. The zero-order valence-corrected chi connectivity index (χ0v) is 9.77. The van der Waals surface area contributed by atoms with Crippen molar-refractivity contribution in [3.8, 4) is 0 Å². The normalized spacial score (nSPS) is 21.5. The van der Waals surface area contributed by atoms with Crippen LogP contribution in [-0.4, -0.2) is 45.5 Å². The van der Waals surface area contributed by atoms with Crippen LogP contribution in [0.15, 0.2) is 0 Å². The van der Waals surface area contributed by atoms with Crippen LogP contribution in [-0.2, 0) is 14.6 Å². The van der Waals surface area contributed by atoms with E-state index in [9.17, 15) is 13.2 Å². The number of amides is 1. The summed E-state index contributed by atoms with van der Waals surface area (Å²) < 4.78 is 22.3. The lowest BCUT2D eigenvalue weighted by molar-refractivity contribution is -0.124. The molecule has 5 nitrogen and oxygen atoms in total. The Balaban J connectivity index is 2.22. The molecule has 0 aliphatic carbocycles. The largest absolute Gasteiger partial charge is 0.355 e. The third-order valence-corrected chi connectivity index (χ3v) is 4.29. The van der Waals surface area contributed by atoms with Crippen LogP contribution in [0.3, 0.4) is 0 Å². The van der Waals surface area contributed by atoms with Crippen molar-refractivity contribution in [1.82, 2.24) is 10.6 Å². The monoisotopic (exact) mass is 234 g/mol. The van der Waals surface area contributed by atoms with Gasteiger partial charge in [0.15, 0.2) is 9.84 Å². The maximum atomic E-state index is 11.5. The van der Waals surface area contributed by atoms with E-state index in [1.807, 2.05) is 0 Å². The van der Waals surface area contributed by atoms with Crippen LogP contribution in [0.25, 0.3) is 0 Å². The fraction of sp³-hybridized carbons (Fsp3) is 0.889. The lowest BCUT2D eigenvalue weighted by Crippen LogP contribution is -2.35. The van der Waals surface area contributed by atoms with E-state index >= 15 is 0 Å². The molecule has 1 rings (SSSR count). The van der Waals surface area contributed by atoms with E-state index in [1.165, 1.54) is 0 Å². The van der Waals surface area contributed by atoms with Crippen molar-refractivity contribution in [3.63, 3.8) is 0 Å². The first-order valence-electron chi connectivity index (χ1n) is 5.24. The van der Waals surface area contributed by atoms with Crippen molar-refractivity contribution in [2.45, 2.75) is 13.3 Å². The lowest BCUT2D eigenvalue weighted by Gasteiger charge is -2.09. The minimum atomic E-state index is -2.97. The van der Waals surface area contributed by atoms with Crippen molar-refractivity contribution >= 4 is 15.7 Å². The number of carbonyl (C=O) groups is 1. The summed E-state index contributed by atoms with van der Waals surface area (Å²) >= 11 is 0. The number of carbonyl (C=O) groups excluding carboxylic acids is 1. The Hall–Kier alpha value is -0.620. The SMILES string of the molecule is CCS(=O)(=O)CCNC(=O)C1CCNC1. The second kappa shape index (κ2) is 5.46. The van der Waals surface area contributed by atoms with Crippen molar-refractivity contribution in [2.75, 3.05) is 31.1 Å². The Morgan fingerprint density at radius 3 is 2.80 bits per heavy atom. The smallest absolute Gasteiger partial charge is 0.224 e. The molecule has 0 saturated carbocycles. The Labute approximate surface area is 90.5 Å². The maximum Gasteiger partial charge on any atom is 0.224 e. The van der Waals surface area contributed by atoms with Gasteiger partial charge in [0.05, 0.1) is 11.7 Å². The van der Waals surface area contributed by atoms with Crippen molar-refractivity contribution in [3.05, 3.63) is 0 Å². The summed E-state index contributed by atoms with van der Waals surface area (Å²) in [4.78, 5) is 11.5. The van der Waals surface area contributed by atoms with Gasteiger partial charge >= 0.3 is 0 Å². The van der Waals surface area contributed by atoms with Gasteiger partial charge in [-0.3, -0.25) is 4.79 Å². The van der Waals surface area contributed by atoms with Crippen LogP contribution in [0.1, 0.15) is 13.3 Å². The molecule has 88 valence electrons. The van der Waals surface area contributed by atoms with E-state index in [0.717, 1.165) is 13.0 Å². The van der Waals surface area contributed by atoms with Gasteiger partial charge in [0.25, 0.3) is 0 Å². The van der Waals surface area contributed by atoms with Gasteiger partial charge in [-0.25, -0.2) is 8.42 Å². The highest BCUT2D eigenvalue weighted by atomic mass is 32.2. The molecule has 6 heteroatoms. The number of hydrogen-bond acceptors (Lipinski definition) is 4. The van der Waals surface area contributed by atoms with Crippen LogP contribution < -0.4 is 10.6 Å². The van der Waals surface area contributed by atoms with Crippen LogP contribution in [0.5, 0.6) is 0 Å². The van der Waals surface area contributed by atoms with Gasteiger partial charge < -0.3 is 10.6 Å². The third kappa shape index (κ3) is 4.17. The fourth-order valence-corrected chi connectivity index (χ4v) is 2.20. The van der Waals surface area contributed by atoms with E-state index in [1.54, 1.807) is 6.92 Å². The molecular weight excluding hydrogens is 216 g/mol. The van der Waals surface area contributed by atoms with Crippen LogP contribution in [0.4, 0.5) is 0 Å². The van der Waals surface area contributed by atoms with Crippen molar-refractivity contribution < 1.29 is 13.2 Å². The molecule has 1 unspecified atom stereocenters. The lowest BCUT2D eigenvalue weighted by atomic mass is 10.1. The van der Waals surface area contributed by atoms with Crippen LogP contribution >= 0.6 is 0 Å². The molecule has 1 aliphatic rings. The molecule has 0 bridgehead atoms. The minimum absolute atomic E-state index is 0.00864. The summed E-state index contributed by atoms with van der Waals surface area (Å²) in [6, 6.07) is 0. The molecule has 1 saturated heterocycles. The molecule has 15 heavy (non-hydrogen) atoms. The highest BCUT2D eigenvalue weighted by Crippen LogP contribution is 2.06. The highest BCUT2D eigenvalue weighted by molar-refractivity contribution is 7.91. The summed E-state index contributed by atoms with van der Waals surface area (Å²) in [5.41, 5.74) is 0. The van der Waals surface area contributed by atoms with Crippen molar-refractivity contribution in [1.29, 1.82) is 0 Å². The van der Waals surface area contributed by atoms with Gasteiger partial charge in [-0.1, -0.05) is 6.92 Å². The Kier molecular flexibility index (Phi) is 4.53. The van der Waals surface area contributed by atoms with Gasteiger partial charge in [0, 0.05) is 18.8 Å². The molecule has 0 radical (unpaired) electrons.